The standard InChI is InChI=1S/C38H53N5O7S/c1-4-5-6-7-8-9-10-11-12-32(29-45)26-37(46)50-24-23-49-22-21-48-19-16-43(15-18-47-20-17-44)33-13-14-35(30(2)25-33)41-42-38-34(27-39)31(3)36(28-40)51-38/h10-11,13-14,25,29,32,44H,4-9,12,15-24,26H2,1-3H3/b11-10+,42-41+. The number of aryl methyl sites for hydroxylation is 1. The Morgan fingerprint density at radius 1 is 0.941 bits per heavy atom. The van der Waals surface area contributed by atoms with Crippen molar-refractivity contribution in [1.82, 2.24) is 0 Å². The number of nitrogens with zero attached hydrogens (tertiary/aromatic N) is 5. The zero-order valence-electron chi connectivity index (χ0n) is 30.3. The van der Waals surface area contributed by atoms with E-state index in [1.165, 1.54) is 25.7 Å². The number of carbonyl (C=O) groups excluding carboxylic acids is 2. The number of aldehydes is 1. The molecule has 2 rings (SSSR count). The molecule has 278 valence electrons. The second-order valence-electron chi connectivity index (χ2n) is 11.9. The van der Waals surface area contributed by atoms with Crippen molar-refractivity contribution < 1.29 is 33.6 Å². The number of allylic oxidation sites excluding steroid dienone is 2. The predicted octanol–water partition coefficient (Wildman–Crippen LogP) is 7.43. The van der Waals surface area contributed by atoms with E-state index in [1.807, 2.05) is 31.2 Å². The first-order chi connectivity index (χ1) is 24.9. The molecule has 13 heteroatoms. The molecular formula is C38H53N5O7S. The number of unbranched alkanes of at least 4 members (excludes halogenated alkanes) is 5. The summed E-state index contributed by atoms with van der Waals surface area (Å²) in [7, 11) is 0. The van der Waals surface area contributed by atoms with Gasteiger partial charge in [0.2, 0.25) is 0 Å². The number of azo groups is 1. The van der Waals surface area contributed by atoms with Crippen molar-refractivity contribution in [2.24, 2.45) is 16.1 Å². The minimum atomic E-state index is -0.408. The number of anilines is 1. The lowest BCUT2D eigenvalue weighted by Gasteiger charge is -2.25. The Hall–Kier alpha value is -3.98. The molecule has 0 aliphatic rings. The number of esters is 1. The number of ether oxygens (including phenoxy) is 4. The third kappa shape index (κ3) is 17.2. The monoisotopic (exact) mass is 723 g/mol. The quantitative estimate of drug-likeness (QED) is 0.0307. The van der Waals surface area contributed by atoms with Crippen LogP contribution in [0.2, 0.25) is 0 Å². The Labute approximate surface area is 306 Å². The van der Waals surface area contributed by atoms with E-state index in [0.717, 1.165) is 41.7 Å². The van der Waals surface area contributed by atoms with Crippen molar-refractivity contribution in [3.05, 3.63) is 51.9 Å². The summed E-state index contributed by atoms with van der Waals surface area (Å²) in [4.78, 5) is 26.1. The summed E-state index contributed by atoms with van der Waals surface area (Å²) < 4.78 is 22.1. The van der Waals surface area contributed by atoms with Gasteiger partial charge in [0.05, 0.1) is 63.9 Å². The van der Waals surface area contributed by atoms with E-state index in [0.29, 0.717) is 72.6 Å². The smallest absolute Gasteiger partial charge is 0.306 e. The number of aliphatic hydroxyl groups excluding tert-OH is 1. The van der Waals surface area contributed by atoms with Gasteiger partial charge in [-0.15, -0.1) is 21.6 Å². The lowest BCUT2D eigenvalue weighted by atomic mass is 10.0. The van der Waals surface area contributed by atoms with Crippen molar-refractivity contribution in [2.45, 2.75) is 72.1 Å². The van der Waals surface area contributed by atoms with Crippen LogP contribution in [0.1, 0.15) is 79.9 Å². The van der Waals surface area contributed by atoms with Crippen molar-refractivity contribution >= 4 is 40.0 Å². The summed E-state index contributed by atoms with van der Waals surface area (Å²) in [6, 6.07) is 9.96. The molecule has 0 fully saturated rings. The van der Waals surface area contributed by atoms with Gasteiger partial charge in [-0.1, -0.05) is 44.8 Å². The average molecular weight is 724 g/mol. The molecule has 1 aromatic carbocycles. The average Bonchev–Trinajstić information content (AvgIpc) is 3.45. The molecule has 0 amide bonds. The number of thiophene rings is 1. The molecule has 0 aliphatic heterocycles. The van der Waals surface area contributed by atoms with Gasteiger partial charge in [0.25, 0.3) is 0 Å². The van der Waals surface area contributed by atoms with Crippen LogP contribution in [-0.4, -0.2) is 83.3 Å². The van der Waals surface area contributed by atoms with Gasteiger partial charge in [-0.25, -0.2) is 0 Å². The van der Waals surface area contributed by atoms with Gasteiger partial charge in [-0.3, -0.25) is 4.79 Å². The molecule has 1 unspecified atom stereocenters. The molecule has 1 heterocycles. The van der Waals surface area contributed by atoms with E-state index >= 15 is 0 Å². The molecule has 0 aliphatic carbocycles. The highest BCUT2D eigenvalue weighted by atomic mass is 32.1. The minimum absolute atomic E-state index is 0.0511. The highest BCUT2D eigenvalue weighted by Gasteiger charge is 2.15. The SMILES string of the molecule is CCCCCCC/C=C/CC(C=O)CC(=O)OCCOCCOCCN(CCOCCO)c1ccc(/N=N/c2sc(C#N)c(C)c2C#N)c(C)c1. The van der Waals surface area contributed by atoms with Crippen LogP contribution in [0.25, 0.3) is 0 Å². The maximum absolute atomic E-state index is 12.2. The summed E-state index contributed by atoms with van der Waals surface area (Å²) in [5.41, 5.74) is 3.42. The molecule has 1 aromatic heterocycles. The van der Waals surface area contributed by atoms with Crippen LogP contribution in [0.5, 0.6) is 0 Å². The van der Waals surface area contributed by atoms with Crippen molar-refractivity contribution in [1.29, 1.82) is 10.5 Å². The summed E-state index contributed by atoms with van der Waals surface area (Å²) in [6.07, 6.45) is 12.6. The number of hydrogen-bond acceptors (Lipinski definition) is 13. The fourth-order valence-electron chi connectivity index (χ4n) is 4.99. The van der Waals surface area contributed by atoms with E-state index < -0.39 is 5.97 Å². The lowest BCUT2D eigenvalue weighted by molar-refractivity contribution is -0.147. The summed E-state index contributed by atoms with van der Waals surface area (Å²) in [5.74, 6) is -0.787. The van der Waals surface area contributed by atoms with Crippen LogP contribution in [0.3, 0.4) is 0 Å². The van der Waals surface area contributed by atoms with Crippen LogP contribution in [-0.2, 0) is 28.5 Å². The van der Waals surface area contributed by atoms with Crippen LogP contribution in [0.15, 0.2) is 40.6 Å². The van der Waals surface area contributed by atoms with Gasteiger partial charge in [-0.2, -0.15) is 10.5 Å². The first kappa shape index (κ1) is 43.2. The molecule has 1 atom stereocenters. The van der Waals surface area contributed by atoms with Crippen molar-refractivity contribution in [3.63, 3.8) is 0 Å². The van der Waals surface area contributed by atoms with E-state index in [9.17, 15) is 20.1 Å². The molecule has 51 heavy (non-hydrogen) atoms. The van der Waals surface area contributed by atoms with Gasteiger partial charge < -0.3 is 33.7 Å². The van der Waals surface area contributed by atoms with E-state index in [2.05, 4.69) is 40.3 Å². The lowest BCUT2D eigenvalue weighted by Crippen LogP contribution is -2.31. The minimum Gasteiger partial charge on any atom is -0.463 e. The summed E-state index contributed by atoms with van der Waals surface area (Å²) in [5, 5.41) is 36.9. The van der Waals surface area contributed by atoms with Gasteiger partial charge in [-0.05, 0) is 62.4 Å². The summed E-state index contributed by atoms with van der Waals surface area (Å²) >= 11 is 1.14. The van der Waals surface area contributed by atoms with Crippen molar-refractivity contribution in [3.8, 4) is 12.1 Å². The Bertz CT molecular complexity index is 1460. The van der Waals surface area contributed by atoms with Gasteiger partial charge in [0, 0.05) is 24.7 Å². The highest BCUT2D eigenvalue weighted by Crippen LogP contribution is 2.36. The van der Waals surface area contributed by atoms with E-state index in [-0.39, 0.29) is 38.8 Å². The second-order valence-corrected chi connectivity index (χ2v) is 12.9. The first-order valence-corrected chi connectivity index (χ1v) is 18.5. The number of carbonyl (C=O) groups is 2. The van der Waals surface area contributed by atoms with Crippen LogP contribution >= 0.6 is 11.3 Å². The molecule has 0 spiro atoms. The Balaban J connectivity index is 1.73. The number of nitriles is 2. The molecule has 0 saturated heterocycles. The molecule has 0 radical (unpaired) electrons. The zero-order valence-corrected chi connectivity index (χ0v) is 31.1. The fourth-order valence-corrected chi connectivity index (χ4v) is 5.87. The zero-order chi connectivity index (χ0) is 37.1. The topological polar surface area (TPSA) is 167 Å². The fraction of sp³-hybridized carbons (Fsp3) is 0.579. The maximum atomic E-state index is 12.2. The normalized spacial score (nSPS) is 11.9. The Morgan fingerprint density at radius 2 is 1.65 bits per heavy atom. The van der Waals surface area contributed by atoms with Gasteiger partial charge in [0.1, 0.15) is 29.9 Å². The Kier molecular flexibility index (Phi) is 22.7. The molecule has 0 saturated carbocycles. The Morgan fingerprint density at radius 3 is 2.31 bits per heavy atom. The van der Waals surface area contributed by atoms with Crippen LogP contribution < -0.4 is 4.90 Å². The highest BCUT2D eigenvalue weighted by molar-refractivity contribution is 7.16. The predicted molar refractivity (Wildman–Crippen MR) is 198 cm³/mol. The maximum Gasteiger partial charge on any atom is 0.306 e. The number of rotatable bonds is 28. The molecule has 2 aromatic rings. The second kappa shape index (κ2) is 26.8. The van der Waals surface area contributed by atoms with E-state index in [4.69, 9.17) is 24.1 Å². The first-order valence-electron chi connectivity index (χ1n) is 17.7. The molecule has 1 N–H and O–H groups in total. The van der Waals surface area contributed by atoms with Gasteiger partial charge >= 0.3 is 5.97 Å². The van der Waals surface area contributed by atoms with E-state index in [1.54, 1.807) is 6.92 Å². The molecular weight excluding hydrogens is 671 g/mol. The van der Waals surface area contributed by atoms with Crippen LogP contribution in [0, 0.1) is 42.4 Å². The summed E-state index contributed by atoms with van der Waals surface area (Å²) in [6.45, 7) is 9.09. The largest absolute Gasteiger partial charge is 0.463 e. The van der Waals surface area contributed by atoms with Crippen molar-refractivity contribution in [2.75, 3.05) is 70.8 Å². The third-order valence-electron chi connectivity index (χ3n) is 7.95. The van der Waals surface area contributed by atoms with Crippen LogP contribution in [0.4, 0.5) is 16.4 Å². The molecule has 12 nitrogen and oxygen atoms in total. The third-order valence-corrected chi connectivity index (χ3v) is 9.03. The van der Waals surface area contributed by atoms with Gasteiger partial charge in [0.15, 0.2) is 5.00 Å². The molecule has 0 bridgehead atoms. The number of aliphatic hydroxyl groups is 1. The number of hydrogen-bond donors (Lipinski definition) is 1. The number of benzene rings is 1.